The summed E-state index contributed by atoms with van der Waals surface area (Å²) in [5.41, 5.74) is 6.95. The van der Waals surface area contributed by atoms with E-state index in [4.69, 9.17) is 5.73 Å². The second kappa shape index (κ2) is 5.42. The molecule has 0 fully saturated rings. The molecule has 0 radical (unpaired) electrons. The number of carbonyl (C=O) groups is 1. The molecule has 0 aliphatic carbocycles. The fourth-order valence-electron chi connectivity index (χ4n) is 1.92. The van der Waals surface area contributed by atoms with Crippen LogP contribution in [0.1, 0.15) is 10.4 Å². The minimum Gasteiger partial charge on any atom is -0.375 e. The third-order valence-electron chi connectivity index (χ3n) is 2.84. The van der Waals surface area contributed by atoms with Crippen molar-refractivity contribution in [2.45, 2.75) is 0 Å². The van der Waals surface area contributed by atoms with Crippen molar-refractivity contribution in [3.8, 4) is 0 Å². The zero-order chi connectivity index (χ0) is 15.0. The first-order chi connectivity index (χ1) is 10.0. The summed E-state index contributed by atoms with van der Waals surface area (Å²) in [7, 11) is 0. The molecule has 7 heteroatoms. The number of hydrogen-bond acceptors (Lipinski definition) is 4. The number of nitrogen functional groups attached to an aromatic ring is 1. The molecule has 3 rings (SSSR count). The molecule has 0 saturated heterocycles. The molecule has 3 aromatic rings. The van der Waals surface area contributed by atoms with Crippen LogP contribution in [0.4, 0.5) is 15.2 Å². The number of carbonyl (C=O) groups excluding carboxylic acids is 1. The van der Waals surface area contributed by atoms with Gasteiger partial charge in [0.1, 0.15) is 5.82 Å². The van der Waals surface area contributed by atoms with Gasteiger partial charge in [-0.2, -0.15) is 0 Å². The molecule has 3 N–H and O–H groups in total. The number of aromatic nitrogens is 1. The lowest BCUT2D eigenvalue weighted by atomic mass is 10.2. The van der Waals surface area contributed by atoms with Crippen LogP contribution in [0.25, 0.3) is 10.2 Å². The molecule has 0 unspecified atom stereocenters. The minimum absolute atomic E-state index is 0.00228. The van der Waals surface area contributed by atoms with Crippen molar-refractivity contribution in [2.75, 3.05) is 11.1 Å². The highest BCUT2D eigenvalue weighted by Crippen LogP contribution is 2.33. The normalized spacial score (nSPS) is 10.8. The van der Waals surface area contributed by atoms with Gasteiger partial charge in [0.15, 0.2) is 5.13 Å². The van der Waals surface area contributed by atoms with Gasteiger partial charge in [-0.1, -0.05) is 23.5 Å². The lowest BCUT2D eigenvalue weighted by Crippen LogP contribution is -2.13. The predicted molar refractivity (Wildman–Crippen MR) is 86.1 cm³/mol. The first kappa shape index (κ1) is 14.0. The van der Waals surface area contributed by atoms with Crippen molar-refractivity contribution in [1.82, 2.24) is 4.98 Å². The van der Waals surface area contributed by atoms with E-state index in [0.717, 1.165) is 14.7 Å². The molecule has 0 atom stereocenters. The van der Waals surface area contributed by atoms with Crippen molar-refractivity contribution in [3.05, 3.63) is 52.3 Å². The highest BCUT2D eigenvalue weighted by molar-refractivity contribution is 9.10. The molecule has 106 valence electrons. The zero-order valence-electron chi connectivity index (χ0n) is 10.6. The molecule has 0 bridgehead atoms. The van der Waals surface area contributed by atoms with Gasteiger partial charge in [-0.25, -0.2) is 9.37 Å². The van der Waals surface area contributed by atoms with E-state index in [2.05, 4.69) is 26.2 Å². The maximum atomic E-state index is 13.6. The number of amides is 1. The Hall–Kier alpha value is -1.99. The van der Waals surface area contributed by atoms with Gasteiger partial charge in [0.2, 0.25) is 0 Å². The maximum absolute atomic E-state index is 13.6. The number of rotatable bonds is 2. The van der Waals surface area contributed by atoms with Crippen LogP contribution in [0.2, 0.25) is 0 Å². The first-order valence-electron chi connectivity index (χ1n) is 5.96. The summed E-state index contributed by atoms with van der Waals surface area (Å²) in [6.45, 7) is 0. The Morgan fingerprint density at radius 1 is 1.33 bits per heavy atom. The van der Waals surface area contributed by atoms with E-state index in [0.29, 0.717) is 10.8 Å². The fraction of sp³-hybridized carbons (Fsp3) is 0. The summed E-state index contributed by atoms with van der Waals surface area (Å²) in [4.78, 5) is 16.3. The molecule has 1 aromatic heterocycles. The lowest BCUT2D eigenvalue weighted by molar-refractivity contribution is 0.102. The van der Waals surface area contributed by atoms with Gasteiger partial charge in [0.25, 0.3) is 5.91 Å². The number of halogens is 2. The van der Waals surface area contributed by atoms with E-state index in [1.165, 1.54) is 29.5 Å². The molecule has 21 heavy (non-hydrogen) atoms. The molecule has 0 aliphatic heterocycles. The predicted octanol–water partition coefficient (Wildman–Crippen LogP) is 4.03. The van der Waals surface area contributed by atoms with E-state index in [-0.39, 0.29) is 5.56 Å². The molecule has 4 nitrogen and oxygen atoms in total. The Kier molecular flexibility index (Phi) is 3.60. The molecule has 0 saturated carbocycles. The van der Waals surface area contributed by atoms with Gasteiger partial charge in [0.05, 0.1) is 15.8 Å². The number of hydrogen-bond donors (Lipinski definition) is 2. The van der Waals surface area contributed by atoms with Gasteiger partial charge < -0.3 is 11.1 Å². The van der Waals surface area contributed by atoms with Crippen LogP contribution in [-0.2, 0) is 0 Å². The Morgan fingerprint density at radius 3 is 2.86 bits per heavy atom. The second-order valence-corrected chi connectivity index (χ2v) is 6.21. The Bertz CT molecular complexity index is 849. The van der Waals surface area contributed by atoms with Crippen molar-refractivity contribution >= 4 is 54.2 Å². The average molecular weight is 366 g/mol. The molecule has 2 aromatic carbocycles. The SMILES string of the molecule is Nc1nc2c(Br)cc(NC(=O)c3ccccc3F)cc2s1. The molecular formula is C14H9BrFN3OS. The Morgan fingerprint density at radius 2 is 2.10 bits per heavy atom. The van der Waals surface area contributed by atoms with Crippen LogP contribution >= 0.6 is 27.3 Å². The second-order valence-electron chi connectivity index (χ2n) is 4.29. The fourth-order valence-corrected chi connectivity index (χ4v) is 3.40. The molecule has 0 aliphatic rings. The number of nitrogens with zero attached hydrogens (tertiary/aromatic N) is 1. The van der Waals surface area contributed by atoms with Crippen molar-refractivity contribution in [2.24, 2.45) is 0 Å². The highest BCUT2D eigenvalue weighted by Gasteiger charge is 2.13. The summed E-state index contributed by atoms with van der Waals surface area (Å²) in [5, 5.41) is 3.12. The monoisotopic (exact) mass is 365 g/mol. The van der Waals surface area contributed by atoms with Crippen molar-refractivity contribution in [3.63, 3.8) is 0 Å². The van der Waals surface area contributed by atoms with Crippen LogP contribution in [0.3, 0.4) is 0 Å². The quantitative estimate of drug-likeness (QED) is 0.720. The molecule has 1 heterocycles. The van der Waals surface area contributed by atoms with Crippen LogP contribution in [0, 0.1) is 5.82 Å². The standard InChI is InChI=1S/C14H9BrFN3OS/c15-9-5-7(6-11-12(9)19-14(17)21-11)18-13(20)8-3-1-2-4-10(8)16/h1-6H,(H2,17,19)(H,18,20). The van der Waals surface area contributed by atoms with Gasteiger partial charge in [-0.15, -0.1) is 0 Å². The number of fused-ring (bicyclic) bond motifs is 1. The van der Waals surface area contributed by atoms with Gasteiger partial charge in [-0.05, 0) is 40.2 Å². The number of nitrogens with one attached hydrogen (secondary N) is 1. The Balaban J connectivity index is 1.95. The van der Waals surface area contributed by atoms with E-state index >= 15 is 0 Å². The van der Waals surface area contributed by atoms with E-state index in [1.54, 1.807) is 18.2 Å². The van der Waals surface area contributed by atoms with E-state index < -0.39 is 11.7 Å². The van der Waals surface area contributed by atoms with Crippen molar-refractivity contribution < 1.29 is 9.18 Å². The number of nitrogens with two attached hydrogens (primary N) is 1. The van der Waals surface area contributed by atoms with E-state index in [9.17, 15) is 9.18 Å². The average Bonchev–Trinajstić information content (AvgIpc) is 2.80. The van der Waals surface area contributed by atoms with Crippen LogP contribution in [0.5, 0.6) is 0 Å². The summed E-state index contributed by atoms with van der Waals surface area (Å²) in [5.74, 6) is -1.06. The maximum Gasteiger partial charge on any atom is 0.258 e. The van der Waals surface area contributed by atoms with Crippen LogP contribution in [0.15, 0.2) is 40.9 Å². The third-order valence-corrected chi connectivity index (χ3v) is 4.28. The largest absolute Gasteiger partial charge is 0.375 e. The molecule has 1 amide bonds. The zero-order valence-corrected chi connectivity index (χ0v) is 13.0. The van der Waals surface area contributed by atoms with Crippen molar-refractivity contribution in [1.29, 1.82) is 0 Å². The number of anilines is 2. The third kappa shape index (κ3) is 2.74. The first-order valence-corrected chi connectivity index (χ1v) is 7.57. The summed E-state index contributed by atoms with van der Waals surface area (Å²) in [6.07, 6.45) is 0. The topological polar surface area (TPSA) is 68.0 Å². The van der Waals surface area contributed by atoms with Gasteiger partial charge >= 0.3 is 0 Å². The number of thiazole rings is 1. The molecular weight excluding hydrogens is 357 g/mol. The van der Waals surface area contributed by atoms with Gasteiger partial charge in [0, 0.05) is 10.2 Å². The van der Waals surface area contributed by atoms with E-state index in [1.807, 2.05) is 0 Å². The van der Waals surface area contributed by atoms with Crippen LogP contribution in [-0.4, -0.2) is 10.9 Å². The smallest absolute Gasteiger partial charge is 0.258 e. The molecule has 0 spiro atoms. The van der Waals surface area contributed by atoms with Gasteiger partial charge in [-0.3, -0.25) is 4.79 Å². The summed E-state index contributed by atoms with van der Waals surface area (Å²) >= 11 is 4.70. The summed E-state index contributed by atoms with van der Waals surface area (Å²) < 4.78 is 15.1. The number of benzene rings is 2. The minimum atomic E-state index is -0.558. The lowest BCUT2D eigenvalue weighted by Gasteiger charge is -2.07. The Labute approximate surface area is 131 Å². The highest BCUT2D eigenvalue weighted by atomic mass is 79.9. The summed E-state index contributed by atoms with van der Waals surface area (Å²) in [6, 6.07) is 9.30. The van der Waals surface area contributed by atoms with Crippen LogP contribution < -0.4 is 11.1 Å².